The second-order valence-electron chi connectivity index (χ2n) is 4.90. The summed E-state index contributed by atoms with van der Waals surface area (Å²) in [6, 6.07) is 15.2. The smallest absolute Gasteiger partial charge is 0.423 e. The Morgan fingerprint density at radius 3 is 2.42 bits per heavy atom. The van der Waals surface area contributed by atoms with Gasteiger partial charge in [-0.2, -0.15) is 13.1 Å². The van der Waals surface area contributed by atoms with E-state index in [0.717, 1.165) is 4.90 Å². The third kappa shape index (κ3) is 7.45. The van der Waals surface area contributed by atoms with Gasteiger partial charge in [0, 0.05) is 21.0 Å². The minimum Gasteiger partial charge on any atom is -0.444 e. The molecule has 0 saturated heterocycles. The molecule has 1 unspecified atom stereocenters. The van der Waals surface area contributed by atoms with Crippen molar-refractivity contribution in [1.82, 2.24) is 4.72 Å². The molecule has 0 spiro atoms. The molecule has 0 aromatic heterocycles. The number of hydrogen-bond acceptors (Lipinski definition) is 6. The maximum atomic E-state index is 11.9. The van der Waals surface area contributed by atoms with Crippen molar-refractivity contribution in [1.29, 1.82) is 0 Å². The van der Waals surface area contributed by atoms with Gasteiger partial charge in [-0.05, 0) is 36.4 Å². The fourth-order valence-electron chi connectivity index (χ4n) is 1.73. The fraction of sp³-hybridized carbons (Fsp3) is 0.188. The van der Waals surface area contributed by atoms with E-state index in [9.17, 15) is 13.2 Å². The molecule has 26 heavy (non-hydrogen) atoms. The first-order chi connectivity index (χ1) is 12.4. The predicted octanol–water partition coefficient (Wildman–Crippen LogP) is 4.25. The number of nitrogens with one attached hydrogen (secondary N) is 1. The van der Waals surface area contributed by atoms with Crippen LogP contribution in [0.25, 0.3) is 0 Å². The predicted molar refractivity (Wildman–Crippen MR) is 105 cm³/mol. The first-order valence-electron chi connectivity index (χ1n) is 7.30. The molecule has 0 fully saturated rings. The zero-order valence-corrected chi connectivity index (χ0v) is 17.3. The SMILES string of the molecule is O=C(NS(=O)(=O)Oc1ccc(Cl)cc1)OC(CBr)CSc1ccccc1. The van der Waals surface area contributed by atoms with E-state index in [0.29, 0.717) is 16.1 Å². The van der Waals surface area contributed by atoms with Crippen LogP contribution in [0.15, 0.2) is 59.5 Å². The lowest BCUT2D eigenvalue weighted by Gasteiger charge is -2.15. The summed E-state index contributed by atoms with van der Waals surface area (Å²) in [5.74, 6) is 0.479. The van der Waals surface area contributed by atoms with E-state index in [1.165, 1.54) is 36.0 Å². The highest BCUT2D eigenvalue weighted by molar-refractivity contribution is 9.09. The van der Waals surface area contributed by atoms with Crippen LogP contribution in [0.3, 0.4) is 0 Å². The van der Waals surface area contributed by atoms with Gasteiger partial charge >= 0.3 is 16.4 Å². The lowest BCUT2D eigenvalue weighted by atomic mass is 10.3. The van der Waals surface area contributed by atoms with Crippen LogP contribution >= 0.6 is 39.3 Å². The van der Waals surface area contributed by atoms with Gasteiger partial charge in [0.1, 0.15) is 11.9 Å². The molecule has 6 nitrogen and oxygen atoms in total. The van der Waals surface area contributed by atoms with Crippen LogP contribution in [-0.2, 0) is 15.0 Å². The number of rotatable bonds is 8. The molecule has 2 aromatic rings. The van der Waals surface area contributed by atoms with Gasteiger partial charge in [0.05, 0.1) is 0 Å². The van der Waals surface area contributed by atoms with Crippen molar-refractivity contribution in [2.45, 2.75) is 11.0 Å². The van der Waals surface area contributed by atoms with Crippen LogP contribution in [0.5, 0.6) is 5.75 Å². The van der Waals surface area contributed by atoms with Crippen LogP contribution in [0.1, 0.15) is 0 Å². The molecule has 0 aliphatic carbocycles. The summed E-state index contributed by atoms with van der Waals surface area (Å²) in [5, 5.41) is 0.788. The van der Waals surface area contributed by atoms with E-state index in [1.807, 2.05) is 30.3 Å². The number of benzene rings is 2. The van der Waals surface area contributed by atoms with Crippen molar-refractivity contribution < 1.29 is 22.1 Å². The minimum absolute atomic E-state index is 0.0198. The molecule has 140 valence electrons. The average molecular weight is 481 g/mol. The van der Waals surface area contributed by atoms with Crippen LogP contribution in [-0.4, -0.2) is 31.7 Å². The Morgan fingerprint density at radius 2 is 1.81 bits per heavy atom. The molecule has 1 N–H and O–H groups in total. The summed E-state index contributed by atoms with van der Waals surface area (Å²) in [6.07, 6.45) is -1.64. The molecular weight excluding hydrogens is 466 g/mol. The van der Waals surface area contributed by atoms with E-state index in [1.54, 1.807) is 4.72 Å². The summed E-state index contributed by atoms with van der Waals surface area (Å²) in [4.78, 5) is 12.9. The Kier molecular flexibility index (Phi) is 8.08. The number of carbonyl (C=O) groups excluding carboxylic acids is 1. The highest BCUT2D eigenvalue weighted by Crippen LogP contribution is 2.20. The Morgan fingerprint density at radius 1 is 1.15 bits per heavy atom. The molecule has 1 atom stereocenters. The summed E-state index contributed by atoms with van der Waals surface area (Å²) in [5.41, 5.74) is 0. The third-order valence-corrected chi connectivity index (χ3v) is 5.80. The van der Waals surface area contributed by atoms with Gasteiger partial charge in [0.2, 0.25) is 0 Å². The number of thioether (sulfide) groups is 1. The summed E-state index contributed by atoms with van der Waals surface area (Å²) >= 11 is 10.4. The normalized spacial score (nSPS) is 12.2. The lowest BCUT2D eigenvalue weighted by molar-refractivity contribution is 0.125. The number of hydrogen-bond donors (Lipinski definition) is 1. The maximum Gasteiger partial charge on any atom is 0.423 e. The number of alkyl halides is 1. The lowest BCUT2D eigenvalue weighted by Crippen LogP contribution is -2.37. The Bertz CT molecular complexity index is 818. The Balaban J connectivity index is 1.85. The van der Waals surface area contributed by atoms with Crippen LogP contribution in [0.2, 0.25) is 5.02 Å². The highest BCUT2D eigenvalue weighted by atomic mass is 79.9. The number of halogens is 2. The second kappa shape index (κ2) is 10.1. The van der Waals surface area contributed by atoms with Crippen LogP contribution in [0.4, 0.5) is 4.79 Å². The number of carbonyl (C=O) groups is 1. The van der Waals surface area contributed by atoms with Gasteiger partial charge in [-0.3, -0.25) is 0 Å². The fourth-order valence-corrected chi connectivity index (χ4v) is 4.09. The van der Waals surface area contributed by atoms with Crippen molar-refractivity contribution in [3.8, 4) is 5.75 Å². The Labute approximate surface area is 169 Å². The van der Waals surface area contributed by atoms with E-state index in [-0.39, 0.29) is 5.75 Å². The summed E-state index contributed by atoms with van der Waals surface area (Å²) < 4.78 is 35.3. The van der Waals surface area contributed by atoms with Crippen LogP contribution < -0.4 is 8.91 Å². The topological polar surface area (TPSA) is 81.7 Å². The standard InChI is InChI=1S/C16H15BrClNO5S2/c17-10-14(11-25-15-4-2-1-3-5-15)23-16(20)19-26(21,22)24-13-8-6-12(18)7-9-13/h1-9,14H,10-11H2,(H,19,20). The van der Waals surface area contributed by atoms with Gasteiger partial charge in [0.15, 0.2) is 0 Å². The van der Waals surface area contributed by atoms with E-state index in [2.05, 4.69) is 15.9 Å². The zero-order chi connectivity index (χ0) is 19.0. The first kappa shape index (κ1) is 20.9. The highest BCUT2D eigenvalue weighted by Gasteiger charge is 2.21. The average Bonchev–Trinajstić information content (AvgIpc) is 2.60. The Hall–Kier alpha value is -1.42. The molecule has 0 aliphatic rings. The molecule has 2 aromatic carbocycles. The summed E-state index contributed by atoms with van der Waals surface area (Å²) in [7, 11) is -4.36. The monoisotopic (exact) mass is 479 g/mol. The third-order valence-electron chi connectivity index (χ3n) is 2.85. The molecule has 0 saturated carbocycles. The maximum absolute atomic E-state index is 11.9. The molecule has 0 heterocycles. The van der Waals surface area contributed by atoms with Crippen molar-refractivity contribution >= 4 is 55.7 Å². The van der Waals surface area contributed by atoms with Crippen molar-refractivity contribution in [2.24, 2.45) is 0 Å². The number of ether oxygens (including phenoxy) is 1. The molecule has 10 heteroatoms. The molecule has 0 bridgehead atoms. The quantitative estimate of drug-likeness (QED) is 0.449. The van der Waals surface area contributed by atoms with Gasteiger partial charge in [-0.25, -0.2) is 4.79 Å². The molecular formula is C16H15BrClNO5S2. The molecule has 0 radical (unpaired) electrons. The summed E-state index contributed by atoms with van der Waals surface area (Å²) in [6.45, 7) is 0. The zero-order valence-electron chi connectivity index (χ0n) is 13.3. The van der Waals surface area contributed by atoms with Crippen molar-refractivity contribution in [3.63, 3.8) is 0 Å². The minimum atomic E-state index is -4.36. The van der Waals surface area contributed by atoms with Gasteiger partial charge < -0.3 is 8.92 Å². The van der Waals surface area contributed by atoms with Gasteiger partial charge in [0.25, 0.3) is 0 Å². The van der Waals surface area contributed by atoms with Crippen LogP contribution in [0, 0.1) is 0 Å². The largest absolute Gasteiger partial charge is 0.444 e. The van der Waals surface area contributed by atoms with Crippen molar-refractivity contribution in [3.05, 3.63) is 59.6 Å². The van der Waals surface area contributed by atoms with E-state index < -0.39 is 22.5 Å². The molecule has 0 aliphatic heterocycles. The van der Waals surface area contributed by atoms with E-state index in [4.69, 9.17) is 20.5 Å². The van der Waals surface area contributed by atoms with Gasteiger partial charge in [-0.1, -0.05) is 45.7 Å². The second-order valence-corrected chi connectivity index (χ2v) is 8.36. The van der Waals surface area contributed by atoms with E-state index >= 15 is 0 Å². The molecule has 1 amide bonds. The first-order valence-corrected chi connectivity index (χ1v) is 11.2. The number of amides is 1. The molecule has 2 rings (SSSR count). The van der Waals surface area contributed by atoms with Crippen molar-refractivity contribution in [2.75, 3.05) is 11.1 Å². The van der Waals surface area contributed by atoms with Gasteiger partial charge in [-0.15, -0.1) is 11.8 Å².